The fraction of sp³-hybridized carbons (Fsp3) is 0.231. The first-order valence-corrected chi connectivity index (χ1v) is 12.2. The van der Waals surface area contributed by atoms with Gasteiger partial charge < -0.3 is 9.67 Å². The van der Waals surface area contributed by atoms with E-state index in [1.54, 1.807) is 13.0 Å². The number of nitrogens with one attached hydrogen (secondary N) is 1. The molecular formula is C26H22FN3O5S. The van der Waals surface area contributed by atoms with Crippen LogP contribution in [0.5, 0.6) is 0 Å². The number of imide groups is 2. The number of aromatic nitrogens is 1. The average molecular weight is 508 g/mol. The first-order valence-electron chi connectivity index (χ1n) is 11.4. The maximum absolute atomic E-state index is 14.4. The molecule has 3 aromatic rings. The Morgan fingerprint density at radius 3 is 2.58 bits per heavy atom. The number of urea groups is 1. The number of fused-ring (bicyclic) bond motifs is 1. The lowest BCUT2D eigenvalue weighted by Crippen LogP contribution is -2.54. The van der Waals surface area contributed by atoms with Gasteiger partial charge in [0, 0.05) is 16.3 Å². The third-order valence-electron chi connectivity index (χ3n) is 6.53. The Hall–Kier alpha value is -4.05. The van der Waals surface area contributed by atoms with E-state index in [9.17, 15) is 28.7 Å². The van der Waals surface area contributed by atoms with Crippen LogP contribution in [0.1, 0.15) is 50.6 Å². The normalized spacial score (nSPS) is 16.9. The van der Waals surface area contributed by atoms with Gasteiger partial charge in [0.1, 0.15) is 16.4 Å². The first kappa shape index (κ1) is 23.7. The van der Waals surface area contributed by atoms with Crippen molar-refractivity contribution in [2.75, 3.05) is 4.90 Å². The number of carboxylic acid groups (broad SMARTS) is 1. The van der Waals surface area contributed by atoms with E-state index in [4.69, 9.17) is 0 Å². The lowest BCUT2D eigenvalue weighted by molar-refractivity contribution is -0.122. The number of halogens is 1. The third-order valence-corrected chi connectivity index (χ3v) is 7.81. The van der Waals surface area contributed by atoms with E-state index in [-0.39, 0.29) is 11.3 Å². The van der Waals surface area contributed by atoms with Crippen molar-refractivity contribution in [1.29, 1.82) is 0 Å². The molecule has 1 saturated heterocycles. The van der Waals surface area contributed by atoms with Crippen molar-refractivity contribution in [3.05, 3.63) is 74.7 Å². The van der Waals surface area contributed by atoms with Gasteiger partial charge in [-0.25, -0.2) is 18.9 Å². The van der Waals surface area contributed by atoms with Gasteiger partial charge in [0.15, 0.2) is 0 Å². The largest absolute Gasteiger partial charge is 0.478 e. The minimum atomic E-state index is -1.03. The number of amides is 4. The van der Waals surface area contributed by atoms with Gasteiger partial charge >= 0.3 is 12.0 Å². The van der Waals surface area contributed by atoms with Gasteiger partial charge in [-0.1, -0.05) is 12.1 Å². The van der Waals surface area contributed by atoms with Crippen LogP contribution in [0.2, 0.25) is 0 Å². The molecule has 1 fully saturated rings. The summed E-state index contributed by atoms with van der Waals surface area (Å²) in [6, 6.07) is 6.01. The van der Waals surface area contributed by atoms with Gasteiger partial charge in [-0.05, 0) is 74.9 Å². The molecule has 0 unspecified atom stereocenters. The third kappa shape index (κ3) is 3.74. The smallest absolute Gasteiger partial charge is 0.339 e. The number of carbonyl (C=O) groups excluding carboxylic acids is 3. The molecule has 0 radical (unpaired) electrons. The highest BCUT2D eigenvalue weighted by Gasteiger charge is 2.38. The number of hydrogen-bond donors (Lipinski definition) is 2. The van der Waals surface area contributed by atoms with E-state index in [1.807, 2.05) is 11.5 Å². The molecule has 0 bridgehead atoms. The van der Waals surface area contributed by atoms with Crippen molar-refractivity contribution in [1.82, 2.24) is 9.88 Å². The molecule has 184 valence electrons. The second-order valence-electron chi connectivity index (χ2n) is 8.77. The van der Waals surface area contributed by atoms with Crippen molar-refractivity contribution in [3.8, 4) is 5.00 Å². The maximum atomic E-state index is 14.4. The van der Waals surface area contributed by atoms with Crippen molar-refractivity contribution < 1.29 is 28.7 Å². The van der Waals surface area contributed by atoms with Gasteiger partial charge in [-0.3, -0.25) is 14.9 Å². The summed E-state index contributed by atoms with van der Waals surface area (Å²) in [6.45, 7) is 3.59. The summed E-state index contributed by atoms with van der Waals surface area (Å²) in [5, 5.41) is 12.7. The summed E-state index contributed by atoms with van der Waals surface area (Å²) in [5.74, 6) is -3.61. The molecule has 0 spiro atoms. The lowest BCUT2D eigenvalue weighted by atomic mass is 9.95. The SMILES string of the molecule is Cc1cc(/C=C2\C(=O)NC(=O)N(c3ccccc3F)C2=O)c(C)n1-c1sc2c(c1C(=O)O)CCCC2. The molecule has 0 saturated carbocycles. The predicted molar refractivity (Wildman–Crippen MR) is 132 cm³/mol. The Morgan fingerprint density at radius 1 is 1.14 bits per heavy atom. The monoisotopic (exact) mass is 507 g/mol. The number of anilines is 1. The number of carboxylic acids is 1. The zero-order valence-corrected chi connectivity index (χ0v) is 20.4. The van der Waals surface area contributed by atoms with E-state index in [1.165, 1.54) is 35.6 Å². The topological polar surface area (TPSA) is 109 Å². The van der Waals surface area contributed by atoms with Crippen LogP contribution >= 0.6 is 11.3 Å². The molecule has 1 aromatic carbocycles. The van der Waals surface area contributed by atoms with Gasteiger partial charge in [0.2, 0.25) is 0 Å². The molecule has 36 heavy (non-hydrogen) atoms. The van der Waals surface area contributed by atoms with Crippen LogP contribution < -0.4 is 10.2 Å². The standard InChI is InChI=1S/C26H22FN3O5S/c1-13-11-15(14(2)29(13)24-21(25(33)34)16-7-3-6-10-20(16)36-24)12-17-22(31)28-26(35)30(23(17)32)19-9-5-4-8-18(19)27/h4-5,8-9,11-12H,3,6-7,10H2,1-2H3,(H,33,34)(H,28,31,35)/b17-12+. The number of rotatable bonds is 4. The van der Waals surface area contributed by atoms with Crippen LogP contribution in [0.4, 0.5) is 14.9 Å². The van der Waals surface area contributed by atoms with Crippen LogP contribution in [-0.2, 0) is 22.4 Å². The van der Waals surface area contributed by atoms with E-state index in [0.717, 1.165) is 47.9 Å². The average Bonchev–Trinajstić information content (AvgIpc) is 3.34. The highest BCUT2D eigenvalue weighted by Crippen LogP contribution is 2.39. The summed E-state index contributed by atoms with van der Waals surface area (Å²) >= 11 is 1.45. The molecular weight excluding hydrogens is 485 g/mol. The lowest BCUT2D eigenvalue weighted by Gasteiger charge is -2.26. The van der Waals surface area contributed by atoms with Crippen molar-refractivity contribution in [2.45, 2.75) is 39.5 Å². The van der Waals surface area contributed by atoms with Crippen molar-refractivity contribution >= 4 is 46.9 Å². The molecule has 5 rings (SSSR count). The van der Waals surface area contributed by atoms with Gasteiger partial charge in [-0.2, -0.15) is 0 Å². The van der Waals surface area contributed by atoms with Crippen LogP contribution in [0.15, 0.2) is 35.9 Å². The molecule has 0 atom stereocenters. The number of nitrogens with zero attached hydrogens (tertiary/aromatic N) is 2. The second kappa shape index (κ2) is 8.87. The zero-order chi connectivity index (χ0) is 25.7. The number of aryl methyl sites for hydroxylation is 2. The van der Waals surface area contributed by atoms with Crippen LogP contribution in [0.3, 0.4) is 0 Å². The fourth-order valence-corrected chi connectivity index (χ4v) is 6.33. The summed E-state index contributed by atoms with van der Waals surface area (Å²) in [6.07, 6.45) is 4.87. The molecule has 10 heteroatoms. The second-order valence-corrected chi connectivity index (χ2v) is 9.85. The van der Waals surface area contributed by atoms with Crippen molar-refractivity contribution in [2.24, 2.45) is 0 Å². The molecule has 3 heterocycles. The van der Waals surface area contributed by atoms with Crippen molar-refractivity contribution in [3.63, 3.8) is 0 Å². The van der Waals surface area contributed by atoms with Crippen LogP contribution in [-0.4, -0.2) is 33.5 Å². The minimum absolute atomic E-state index is 0.265. The van der Waals surface area contributed by atoms with Gasteiger partial charge in [0.25, 0.3) is 11.8 Å². The van der Waals surface area contributed by atoms with E-state index in [2.05, 4.69) is 5.32 Å². The number of thiophene rings is 1. The van der Waals surface area contributed by atoms with E-state index < -0.39 is 29.6 Å². The fourth-order valence-electron chi connectivity index (χ4n) is 4.84. The first-order chi connectivity index (χ1) is 17.2. The molecule has 2 aliphatic rings. The highest BCUT2D eigenvalue weighted by molar-refractivity contribution is 7.15. The number of aromatic carboxylic acids is 1. The van der Waals surface area contributed by atoms with E-state index in [0.29, 0.717) is 26.7 Å². The number of barbiturate groups is 1. The number of carbonyl (C=O) groups is 4. The van der Waals surface area contributed by atoms with E-state index >= 15 is 0 Å². The quantitative estimate of drug-likeness (QED) is 0.398. The zero-order valence-electron chi connectivity index (χ0n) is 19.6. The molecule has 2 aromatic heterocycles. The van der Waals surface area contributed by atoms with Crippen LogP contribution in [0.25, 0.3) is 11.1 Å². The van der Waals surface area contributed by atoms with Crippen LogP contribution in [0, 0.1) is 19.7 Å². The molecule has 2 N–H and O–H groups in total. The number of hydrogen-bond acceptors (Lipinski definition) is 5. The summed E-state index contributed by atoms with van der Waals surface area (Å²) in [7, 11) is 0. The van der Waals surface area contributed by atoms with Gasteiger partial charge in [0.05, 0.1) is 11.3 Å². The molecule has 1 aliphatic carbocycles. The Labute approximate surface area is 209 Å². The highest BCUT2D eigenvalue weighted by atomic mass is 32.1. The number of benzene rings is 1. The summed E-state index contributed by atoms with van der Waals surface area (Å²) < 4.78 is 16.2. The minimum Gasteiger partial charge on any atom is -0.478 e. The summed E-state index contributed by atoms with van der Waals surface area (Å²) in [5.41, 5.74) is 2.44. The molecule has 4 amide bonds. The summed E-state index contributed by atoms with van der Waals surface area (Å²) in [4.78, 5) is 52.1. The molecule has 8 nitrogen and oxygen atoms in total. The molecule has 1 aliphatic heterocycles. The van der Waals surface area contributed by atoms with Gasteiger partial charge in [-0.15, -0.1) is 11.3 Å². The number of para-hydroxylation sites is 1. The Morgan fingerprint density at radius 2 is 1.86 bits per heavy atom. The maximum Gasteiger partial charge on any atom is 0.339 e. The Bertz CT molecular complexity index is 1500. The Kier molecular flexibility index (Phi) is 5.83. The Balaban J connectivity index is 1.60. The predicted octanol–water partition coefficient (Wildman–Crippen LogP) is 4.54.